The summed E-state index contributed by atoms with van der Waals surface area (Å²) < 4.78 is 0.697. The van der Waals surface area contributed by atoms with Crippen LogP contribution in [-0.4, -0.2) is 16.1 Å². The van der Waals surface area contributed by atoms with Crippen molar-refractivity contribution in [1.82, 2.24) is 4.98 Å². The number of hydrogen-bond donors (Lipinski definition) is 2. The Morgan fingerprint density at radius 3 is 3.00 bits per heavy atom. The molecule has 5 heteroatoms. The molecule has 0 unspecified atom stereocenters. The monoisotopic (exact) mass is 208 g/mol. The Morgan fingerprint density at radius 2 is 2.36 bits per heavy atom. The van der Waals surface area contributed by atoms with Crippen molar-refractivity contribution in [2.75, 3.05) is 5.73 Å². The molecule has 0 radical (unpaired) electrons. The first-order valence-electron chi connectivity index (χ1n) is 3.97. The first kappa shape index (κ1) is 8.96. The number of anilines is 1. The van der Waals surface area contributed by atoms with E-state index in [0.717, 1.165) is 10.9 Å². The van der Waals surface area contributed by atoms with Crippen LogP contribution in [0.1, 0.15) is 15.9 Å². The molecule has 3 N–H and O–H groups in total. The van der Waals surface area contributed by atoms with Gasteiger partial charge in [0.2, 0.25) is 0 Å². The molecule has 2 aromatic rings. The molecule has 0 fully saturated rings. The number of fused-ring (bicyclic) bond motifs is 1. The van der Waals surface area contributed by atoms with E-state index in [2.05, 4.69) is 4.98 Å². The van der Waals surface area contributed by atoms with Crippen LogP contribution in [0, 0.1) is 6.92 Å². The number of carboxylic acids is 1. The molecule has 4 nitrogen and oxygen atoms in total. The maximum atomic E-state index is 10.9. The second kappa shape index (κ2) is 2.95. The number of nitrogens with two attached hydrogens (primary N) is 1. The van der Waals surface area contributed by atoms with Crippen molar-refractivity contribution in [2.45, 2.75) is 6.92 Å². The van der Waals surface area contributed by atoms with Crippen molar-refractivity contribution >= 4 is 33.2 Å². The van der Waals surface area contributed by atoms with E-state index in [-0.39, 0.29) is 5.56 Å². The fraction of sp³-hybridized carbons (Fsp3) is 0.111. The van der Waals surface area contributed by atoms with Gasteiger partial charge in [-0.05, 0) is 17.9 Å². The molecule has 72 valence electrons. The first-order chi connectivity index (χ1) is 6.61. The van der Waals surface area contributed by atoms with Gasteiger partial charge >= 0.3 is 5.97 Å². The highest BCUT2D eigenvalue weighted by atomic mass is 32.1. The van der Waals surface area contributed by atoms with Gasteiger partial charge in [-0.1, -0.05) is 0 Å². The molecule has 2 heterocycles. The quantitative estimate of drug-likeness (QED) is 0.750. The molecule has 0 bridgehead atoms. The van der Waals surface area contributed by atoms with Gasteiger partial charge in [0.25, 0.3) is 0 Å². The molecule has 2 aromatic heterocycles. The third-order valence-corrected chi connectivity index (χ3v) is 3.17. The Bertz CT molecular complexity index is 519. The van der Waals surface area contributed by atoms with Crippen LogP contribution in [0.4, 0.5) is 5.82 Å². The molecule has 0 aliphatic rings. The zero-order valence-electron chi connectivity index (χ0n) is 7.44. The molecular formula is C9H8N2O2S. The number of carbonyl (C=O) groups is 1. The van der Waals surface area contributed by atoms with E-state index >= 15 is 0 Å². The number of pyridine rings is 1. The summed E-state index contributed by atoms with van der Waals surface area (Å²) in [4.78, 5) is 14.7. The summed E-state index contributed by atoms with van der Waals surface area (Å²) in [5.74, 6) is -0.576. The summed E-state index contributed by atoms with van der Waals surface area (Å²) in [6, 6.07) is 0. The predicted molar refractivity (Wildman–Crippen MR) is 55.7 cm³/mol. The van der Waals surface area contributed by atoms with Crippen LogP contribution < -0.4 is 5.73 Å². The topological polar surface area (TPSA) is 76.2 Å². The highest BCUT2D eigenvalue weighted by molar-refractivity contribution is 7.17. The Kier molecular flexibility index (Phi) is 1.89. The average Bonchev–Trinajstić information content (AvgIpc) is 2.49. The van der Waals surface area contributed by atoms with Crippen molar-refractivity contribution in [3.8, 4) is 0 Å². The lowest BCUT2D eigenvalue weighted by Gasteiger charge is -2.00. The normalized spacial score (nSPS) is 10.6. The molecule has 0 spiro atoms. The van der Waals surface area contributed by atoms with Crippen LogP contribution in [0.15, 0.2) is 11.6 Å². The fourth-order valence-electron chi connectivity index (χ4n) is 1.37. The molecule has 2 rings (SSSR count). The minimum absolute atomic E-state index is 0.215. The molecule has 0 aromatic carbocycles. The number of nitrogens with zero attached hydrogens (tertiary/aromatic N) is 1. The highest BCUT2D eigenvalue weighted by Crippen LogP contribution is 2.31. The second-order valence-corrected chi connectivity index (χ2v) is 3.86. The third kappa shape index (κ3) is 1.13. The summed E-state index contributed by atoms with van der Waals surface area (Å²) >= 11 is 1.38. The zero-order chi connectivity index (χ0) is 10.3. The highest BCUT2D eigenvalue weighted by Gasteiger charge is 2.14. The van der Waals surface area contributed by atoms with E-state index < -0.39 is 5.97 Å². The SMILES string of the molecule is Cc1csc2c(C(=O)O)cnc(N)c12. The molecule has 14 heavy (non-hydrogen) atoms. The number of thiophene rings is 1. The van der Waals surface area contributed by atoms with Gasteiger partial charge in [-0.2, -0.15) is 0 Å². The number of rotatable bonds is 1. The van der Waals surface area contributed by atoms with Crippen molar-refractivity contribution in [1.29, 1.82) is 0 Å². The van der Waals surface area contributed by atoms with E-state index in [1.54, 1.807) is 0 Å². The number of aryl methyl sites for hydroxylation is 1. The van der Waals surface area contributed by atoms with E-state index in [4.69, 9.17) is 10.8 Å². The Labute approximate surface area is 84.0 Å². The third-order valence-electron chi connectivity index (χ3n) is 2.04. The summed E-state index contributed by atoms with van der Waals surface area (Å²) in [5, 5.41) is 11.6. The summed E-state index contributed by atoms with van der Waals surface area (Å²) in [6.07, 6.45) is 1.30. The lowest BCUT2D eigenvalue weighted by Crippen LogP contribution is -2.00. The van der Waals surface area contributed by atoms with Crippen molar-refractivity contribution < 1.29 is 9.90 Å². The van der Waals surface area contributed by atoms with Gasteiger partial charge in [0.15, 0.2) is 0 Å². The summed E-state index contributed by atoms with van der Waals surface area (Å²) in [5.41, 5.74) is 6.86. The first-order valence-corrected chi connectivity index (χ1v) is 4.85. The van der Waals surface area contributed by atoms with Gasteiger partial charge in [-0.3, -0.25) is 0 Å². The number of aromatic carboxylic acids is 1. The lowest BCUT2D eigenvalue weighted by atomic mass is 10.1. The summed E-state index contributed by atoms with van der Waals surface area (Å²) in [7, 11) is 0. The van der Waals surface area contributed by atoms with Gasteiger partial charge in [0.05, 0.1) is 10.3 Å². The maximum absolute atomic E-state index is 10.9. The predicted octanol–water partition coefficient (Wildman–Crippen LogP) is 1.89. The van der Waals surface area contributed by atoms with Crippen LogP contribution >= 0.6 is 11.3 Å². The Morgan fingerprint density at radius 1 is 1.64 bits per heavy atom. The molecular weight excluding hydrogens is 200 g/mol. The van der Waals surface area contributed by atoms with Gasteiger partial charge in [0.1, 0.15) is 5.82 Å². The zero-order valence-corrected chi connectivity index (χ0v) is 8.26. The van der Waals surface area contributed by atoms with E-state index in [9.17, 15) is 4.79 Å². The largest absolute Gasteiger partial charge is 0.478 e. The van der Waals surface area contributed by atoms with Gasteiger partial charge in [-0.15, -0.1) is 11.3 Å². The Hall–Kier alpha value is -1.62. The van der Waals surface area contributed by atoms with Crippen molar-refractivity contribution in [3.63, 3.8) is 0 Å². The molecule has 0 saturated carbocycles. The number of nitrogen functional groups attached to an aromatic ring is 1. The Balaban J connectivity index is 2.90. The van der Waals surface area contributed by atoms with E-state index in [1.807, 2.05) is 12.3 Å². The smallest absolute Gasteiger partial charge is 0.338 e. The number of aromatic nitrogens is 1. The number of hydrogen-bond acceptors (Lipinski definition) is 4. The average molecular weight is 208 g/mol. The van der Waals surface area contributed by atoms with E-state index in [1.165, 1.54) is 17.5 Å². The van der Waals surface area contributed by atoms with Crippen molar-refractivity contribution in [3.05, 3.63) is 22.7 Å². The van der Waals surface area contributed by atoms with Crippen LogP contribution in [-0.2, 0) is 0 Å². The van der Waals surface area contributed by atoms with Gasteiger partial charge < -0.3 is 10.8 Å². The second-order valence-electron chi connectivity index (χ2n) is 2.99. The summed E-state index contributed by atoms with van der Waals surface area (Å²) in [6.45, 7) is 1.89. The maximum Gasteiger partial charge on any atom is 0.338 e. The van der Waals surface area contributed by atoms with Gasteiger partial charge in [-0.25, -0.2) is 9.78 Å². The lowest BCUT2D eigenvalue weighted by molar-refractivity contribution is 0.0699. The molecule has 0 aliphatic heterocycles. The molecule has 0 saturated heterocycles. The molecule has 0 amide bonds. The van der Waals surface area contributed by atoms with E-state index in [0.29, 0.717) is 10.5 Å². The van der Waals surface area contributed by atoms with Crippen LogP contribution in [0.25, 0.3) is 10.1 Å². The van der Waals surface area contributed by atoms with Crippen LogP contribution in [0.5, 0.6) is 0 Å². The fourth-order valence-corrected chi connectivity index (χ4v) is 2.43. The molecule has 0 aliphatic carbocycles. The molecule has 0 atom stereocenters. The van der Waals surface area contributed by atoms with Gasteiger partial charge in [0, 0.05) is 11.6 Å². The van der Waals surface area contributed by atoms with Crippen LogP contribution in [0.2, 0.25) is 0 Å². The minimum Gasteiger partial charge on any atom is -0.478 e. The van der Waals surface area contributed by atoms with Crippen LogP contribution in [0.3, 0.4) is 0 Å². The minimum atomic E-state index is -0.968. The van der Waals surface area contributed by atoms with Crippen molar-refractivity contribution in [2.24, 2.45) is 0 Å². The standard InChI is InChI=1S/C9H8N2O2S/c1-4-3-14-7-5(9(12)13)2-11-8(10)6(4)7/h2-3H,1H3,(H2,10,11)(H,12,13). The number of carboxylic acid groups (broad SMARTS) is 1.